The molecule has 0 radical (unpaired) electrons. The second-order valence-corrected chi connectivity index (χ2v) is 3.78. The standard InChI is InChI=1S/C15H16/c1-11-9-10-15(13(3)12(11)2)14-7-5-4-6-8-14/h4-10H,1-3H3/i1D3. The van der Waals surface area contributed by atoms with Gasteiger partial charge in [-0.3, -0.25) is 0 Å². The van der Waals surface area contributed by atoms with Crippen molar-refractivity contribution < 1.29 is 4.11 Å². The van der Waals surface area contributed by atoms with Crippen LogP contribution in [0.1, 0.15) is 20.8 Å². The third kappa shape index (κ3) is 1.80. The van der Waals surface area contributed by atoms with Gasteiger partial charge in [0.1, 0.15) is 0 Å². The fourth-order valence-electron chi connectivity index (χ4n) is 1.75. The molecule has 76 valence electrons. The Morgan fingerprint density at radius 1 is 0.867 bits per heavy atom. The monoisotopic (exact) mass is 199 g/mol. The fraction of sp³-hybridized carbons (Fsp3) is 0.200. The summed E-state index contributed by atoms with van der Waals surface area (Å²) in [6, 6.07) is 13.6. The Kier molecular flexibility index (Phi) is 1.78. The van der Waals surface area contributed by atoms with Gasteiger partial charge in [-0.15, -0.1) is 0 Å². The third-order valence-corrected chi connectivity index (χ3v) is 2.87. The van der Waals surface area contributed by atoms with Crippen LogP contribution in [0.5, 0.6) is 0 Å². The second-order valence-electron chi connectivity index (χ2n) is 3.78. The quantitative estimate of drug-likeness (QED) is 0.643. The summed E-state index contributed by atoms with van der Waals surface area (Å²) >= 11 is 0. The summed E-state index contributed by atoms with van der Waals surface area (Å²) in [7, 11) is 0. The van der Waals surface area contributed by atoms with Crippen molar-refractivity contribution in [1.82, 2.24) is 0 Å². The van der Waals surface area contributed by atoms with Crippen molar-refractivity contribution in [2.75, 3.05) is 0 Å². The molecule has 2 rings (SSSR count). The van der Waals surface area contributed by atoms with Gasteiger partial charge < -0.3 is 0 Å². The molecule has 0 saturated carbocycles. The van der Waals surface area contributed by atoms with Gasteiger partial charge in [-0.25, -0.2) is 0 Å². The van der Waals surface area contributed by atoms with Crippen LogP contribution in [0.2, 0.25) is 0 Å². The average molecular weight is 199 g/mol. The van der Waals surface area contributed by atoms with Crippen LogP contribution in [0.4, 0.5) is 0 Å². The zero-order valence-electron chi connectivity index (χ0n) is 12.0. The highest BCUT2D eigenvalue weighted by Gasteiger charge is 2.04. The van der Waals surface area contributed by atoms with Crippen molar-refractivity contribution >= 4 is 0 Å². The van der Waals surface area contributed by atoms with Gasteiger partial charge in [0.2, 0.25) is 0 Å². The van der Waals surface area contributed by atoms with Gasteiger partial charge in [0, 0.05) is 4.11 Å². The van der Waals surface area contributed by atoms with E-state index < -0.39 is 6.85 Å². The number of rotatable bonds is 1. The van der Waals surface area contributed by atoms with Gasteiger partial charge in [-0.1, -0.05) is 42.5 Å². The molecule has 0 bridgehead atoms. The van der Waals surface area contributed by atoms with Crippen LogP contribution < -0.4 is 0 Å². The highest BCUT2D eigenvalue weighted by molar-refractivity contribution is 5.69. The lowest BCUT2D eigenvalue weighted by Crippen LogP contribution is -1.90. The molecule has 15 heavy (non-hydrogen) atoms. The summed E-state index contributed by atoms with van der Waals surface area (Å²) in [5.74, 6) is 0. The maximum atomic E-state index is 7.52. The minimum atomic E-state index is -2.04. The van der Waals surface area contributed by atoms with Crippen molar-refractivity contribution in [2.45, 2.75) is 20.7 Å². The van der Waals surface area contributed by atoms with Crippen molar-refractivity contribution in [2.24, 2.45) is 0 Å². The molecule has 0 atom stereocenters. The van der Waals surface area contributed by atoms with Crippen molar-refractivity contribution in [3.63, 3.8) is 0 Å². The zero-order chi connectivity index (χ0) is 13.3. The molecule has 0 fully saturated rings. The third-order valence-electron chi connectivity index (χ3n) is 2.87. The van der Waals surface area contributed by atoms with E-state index in [2.05, 4.69) is 0 Å². The minimum Gasteiger partial charge on any atom is -0.0622 e. The lowest BCUT2D eigenvalue weighted by atomic mass is 9.94. The Balaban J connectivity index is 2.58. The van der Waals surface area contributed by atoms with Crippen LogP contribution in [0.3, 0.4) is 0 Å². The molecule has 0 saturated heterocycles. The maximum absolute atomic E-state index is 7.52. The summed E-state index contributed by atoms with van der Waals surface area (Å²) in [6.45, 7) is 1.82. The van der Waals surface area contributed by atoms with Gasteiger partial charge in [-0.05, 0) is 48.5 Å². The molecule has 0 nitrogen and oxygen atoms in total. The van der Waals surface area contributed by atoms with Gasteiger partial charge in [-0.2, -0.15) is 0 Å². The van der Waals surface area contributed by atoms with E-state index in [9.17, 15) is 0 Å². The average Bonchev–Trinajstić information content (AvgIpc) is 2.32. The van der Waals surface area contributed by atoms with E-state index >= 15 is 0 Å². The van der Waals surface area contributed by atoms with Gasteiger partial charge >= 0.3 is 0 Å². The van der Waals surface area contributed by atoms with Gasteiger partial charge in [0.15, 0.2) is 0 Å². The summed E-state index contributed by atoms with van der Waals surface area (Å²) in [4.78, 5) is 0. The van der Waals surface area contributed by atoms with E-state index in [-0.39, 0.29) is 0 Å². The first-order valence-electron chi connectivity index (χ1n) is 6.57. The Morgan fingerprint density at radius 2 is 1.60 bits per heavy atom. The molecule has 0 heterocycles. The SMILES string of the molecule is [2H]C([2H])([2H])c1ccc(-c2ccccc2)c(C)c1C. The van der Waals surface area contributed by atoms with Crippen LogP contribution >= 0.6 is 0 Å². The second kappa shape index (κ2) is 3.90. The first-order valence-corrected chi connectivity index (χ1v) is 5.07. The number of benzene rings is 2. The number of hydrogen-bond donors (Lipinski definition) is 0. The molecule has 0 N–H and O–H groups in total. The van der Waals surface area contributed by atoms with Gasteiger partial charge in [0.25, 0.3) is 0 Å². The topological polar surface area (TPSA) is 0 Å². The molecule has 0 amide bonds. The molecule has 2 aromatic rings. The molecular formula is C15H16. The van der Waals surface area contributed by atoms with Crippen LogP contribution in [0.25, 0.3) is 11.1 Å². The highest BCUT2D eigenvalue weighted by atomic mass is 14.1. The van der Waals surface area contributed by atoms with E-state index in [0.29, 0.717) is 5.56 Å². The lowest BCUT2D eigenvalue weighted by Gasteiger charge is -2.11. The van der Waals surface area contributed by atoms with Crippen LogP contribution in [-0.2, 0) is 0 Å². The van der Waals surface area contributed by atoms with Crippen molar-refractivity contribution in [3.05, 3.63) is 59.2 Å². The summed E-state index contributed by atoms with van der Waals surface area (Å²) in [6.07, 6.45) is 0. The van der Waals surface area contributed by atoms with Crippen molar-refractivity contribution in [1.29, 1.82) is 0 Å². The molecule has 0 aliphatic rings. The molecule has 2 aromatic carbocycles. The molecule has 0 aliphatic carbocycles. The summed E-state index contributed by atoms with van der Waals surface area (Å²) < 4.78 is 22.6. The molecule has 0 aromatic heterocycles. The Bertz CT molecular complexity index is 554. The Hall–Kier alpha value is -1.56. The van der Waals surface area contributed by atoms with E-state index in [1.54, 1.807) is 6.07 Å². The molecule has 0 spiro atoms. The largest absolute Gasteiger partial charge is 0.0622 e. The van der Waals surface area contributed by atoms with E-state index in [4.69, 9.17) is 4.11 Å². The summed E-state index contributed by atoms with van der Waals surface area (Å²) in [5.41, 5.74) is 4.56. The molecular weight excluding hydrogens is 180 g/mol. The first kappa shape index (κ1) is 6.84. The Labute approximate surface area is 95.8 Å². The smallest absolute Gasteiger partial charge is 0.0280 e. The lowest BCUT2D eigenvalue weighted by molar-refractivity contribution is 1.27. The first-order chi connectivity index (χ1) is 8.41. The maximum Gasteiger partial charge on any atom is 0.0280 e. The number of aryl methyl sites for hydroxylation is 1. The highest BCUT2D eigenvalue weighted by Crippen LogP contribution is 2.26. The predicted octanol–water partition coefficient (Wildman–Crippen LogP) is 4.28. The van der Waals surface area contributed by atoms with E-state index in [0.717, 1.165) is 22.3 Å². The van der Waals surface area contributed by atoms with Crippen molar-refractivity contribution in [3.8, 4) is 11.1 Å². The molecule has 0 aliphatic heterocycles. The van der Waals surface area contributed by atoms with Crippen LogP contribution in [0, 0.1) is 20.7 Å². The molecule has 0 heteroatoms. The van der Waals surface area contributed by atoms with E-state index in [1.807, 2.05) is 50.2 Å². The Morgan fingerprint density at radius 3 is 2.27 bits per heavy atom. The van der Waals surface area contributed by atoms with Gasteiger partial charge in [0.05, 0.1) is 0 Å². The molecule has 0 unspecified atom stereocenters. The van der Waals surface area contributed by atoms with E-state index in [1.165, 1.54) is 0 Å². The predicted molar refractivity (Wildman–Crippen MR) is 66.1 cm³/mol. The van der Waals surface area contributed by atoms with Crippen LogP contribution in [0.15, 0.2) is 42.5 Å². The van der Waals surface area contributed by atoms with Crippen LogP contribution in [-0.4, -0.2) is 0 Å². The fourth-order valence-corrected chi connectivity index (χ4v) is 1.75. The number of hydrogen-bond acceptors (Lipinski definition) is 0. The summed E-state index contributed by atoms with van der Waals surface area (Å²) in [5, 5.41) is 0. The minimum absolute atomic E-state index is 0.444. The normalized spacial score (nSPS) is 14.1. The zero-order valence-corrected chi connectivity index (χ0v) is 9.04.